The van der Waals surface area contributed by atoms with Gasteiger partial charge in [0, 0.05) is 24.1 Å². The van der Waals surface area contributed by atoms with Crippen molar-refractivity contribution in [2.45, 2.75) is 25.2 Å². The third-order valence-electron chi connectivity index (χ3n) is 3.74. The molecule has 1 heterocycles. The number of rotatable bonds is 3. The van der Waals surface area contributed by atoms with Gasteiger partial charge < -0.3 is 14.6 Å². The van der Waals surface area contributed by atoms with E-state index in [-0.39, 0.29) is 6.10 Å². The van der Waals surface area contributed by atoms with Gasteiger partial charge in [-0.1, -0.05) is 35.9 Å². The Labute approximate surface area is 129 Å². The van der Waals surface area contributed by atoms with Crippen molar-refractivity contribution < 1.29 is 14.6 Å². The molecule has 0 saturated carbocycles. The second-order valence-electron chi connectivity index (χ2n) is 5.17. The Hall–Kier alpha value is -1.55. The summed E-state index contributed by atoms with van der Waals surface area (Å²) in [7, 11) is 1.67. The first-order valence-corrected chi connectivity index (χ1v) is 7.27. The van der Waals surface area contributed by atoms with Gasteiger partial charge >= 0.3 is 0 Å². The first kappa shape index (κ1) is 14.4. The maximum absolute atomic E-state index is 10.4. The van der Waals surface area contributed by atoms with E-state index in [1.807, 2.05) is 30.3 Å². The summed E-state index contributed by atoms with van der Waals surface area (Å²) >= 11 is 5.98. The fourth-order valence-electron chi connectivity index (χ4n) is 2.74. The summed E-state index contributed by atoms with van der Waals surface area (Å²) in [5, 5.41) is 11.0. The molecule has 2 aromatic carbocycles. The lowest BCUT2D eigenvalue weighted by Gasteiger charge is -2.31. The van der Waals surface area contributed by atoms with Gasteiger partial charge in [-0.05, 0) is 29.3 Å². The Kier molecular flexibility index (Phi) is 4.15. The maximum atomic E-state index is 10.4. The van der Waals surface area contributed by atoms with Crippen LogP contribution in [0.15, 0.2) is 42.5 Å². The van der Waals surface area contributed by atoms with Crippen LogP contribution in [0.4, 0.5) is 0 Å². The van der Waals surface area contributed by atoms with E-state index in [2.05, 4.69) is 0 Å². The second kappa shape index (κ2) is 6.06. The number of benzene rings is 2. The lowest BCUT2D eigenvalue weighted by Crippen LogP contribution is -2.20. The van der Waals surface area contributed by atoms with Crippen LogP contribution in [0.3, 0.4) is 0 Å². The lowest BCUT2D eigenvalue weighted by atomic mass is 9.92. The van der Waals surface area contributed by atoms with Crippen LogP contribution in [0.2, 0.25) is 5.02 Å². The van der Waals surface area contributed by atoms with Crippen molar-refractivity contribution in [3.05, 3.63) is 64.2 Å². The van der Waals surface area contributed by atoms with Crippen LogP contribution in [0.5, 0.6) is 5.75 Å². The van der Waals surface area contributed by atoms with Crippen molar-refractivity contribution in [3.63, 3.8) is 0 Å². The predicted octanol–water partition coefficient (Wildman–Crippen LogP) is 4.04. The van der Waals surface area contributed by atoms with E-state index in [0.29, 0.717) is 23.8 Å². The van der Waals surface area contributed by atoms with Crippen LogP contribution in [-0.2, 0) is 11.3 Å². The molecule has 1 aliphatic heterocycles. The molecule has 0 amide bonds. The predicted molar refractivity (Wildman–Crippen MR) is 81.6 cm³/mol. The molecule has 0 bridgehead atoms. The lowest BCUT2D eigenvalue weighted by molar-refractivity contribution is 0.0642. The van der Waals surface area contributed by atoms with Gasteiger partial charge in [0.1, 0.15) is 11.9 Å². The molecular formula is C17H17ClO3. The number of hydrogen-bond acceptors (Lipinski definition) is 3. The third kappa shape index (κ3) is 2.91. The number of halogens is 1. The number of aliphatic hydroxyl groups is 1. The molecule has 0 radical (unpaired) electrons. The molecule has 0 saturated heterocycles. The minimum Gasteiger partial charge on any atom is -0.485 e. The topological polar surface area (TPSA) is 38.7 Å². The number of ether oxygens (including phenoxy) is 2. The van der Waals surface area contributed by atoms with Gasteiger partial charge in [-0.3, -0.25) is 0 Å². The highest BCUT2D eigenvalue weighted by Gasteiger charge is 2.29. The molecule has 3 nitrogen and oxygen atoms in total. The van der Waals surface area contributed by atoms with E-state index in [9.17, 15) is 5.11 Å². The fraction of sp³-hybridized carbons (Fsp3) is 0.294. The zero-order valence-corrected chi connectivity index (χ0v) is 12.5. The molecule has 1 N–H and O–H groups in total. The highest BCUT2D eigenvalue weighted by atomic mass is 35.5. The molecule has 0 aliphatic carbocycles. The van der Waals surface area contributed by atoms with Crippen molar-refractivity contribution in [2.75, 3.05) is 7.11 Å². The minimum absolute atomic E-state index is 0.181. The Balaban J connectivity index is 1.94. The number of methoxy groups -OCH3 is 1. The molecular weight excluding hydrogens is 288 g/mol. The summed E-state index contributed by atoms with van der Waals surface area (Å²) in [6.45, 7) is 0.527. The molecule has 110 valence electrons. The average Bonchev–Trinajstić information content (AvgIpc) is 2.49. The Morgan fingerprint density at radius 1 is 1.24 bits per heavy atom. The van der Waals surface area contributed by atoms with Gasteiger partial charge in [-0.2, -0.15) is 0 Å². The largest absolute Gasteiger partial charge is 0.485 e. The molecule has 0 aromatic heterocycles. The van der Waals surface area contributed by atoms with Crippen LogP contribution in [-0.4, -0.2) is 12.2 Å². The summed E-state index contributed by atoms with van der Waals surface area (Å²) < 4.78 is 11.3. The van der Waals surface area contributed by atoms with Gasteiger partial charge in [-0.15, -0.1) is 0 Å². The summed E-state index contributed by atoms with van der Waals surface area (Å²) in [6, 6.07) is 13.3. The normalized spacial score (nSPS) is 20.7. The van der Waals surface area contributed by atoms with Crippen molar-refractivity contribution >= 4 is 11.6 Å². The Morgan fingerprint density at radius 2 is 2.05 bits per heavy atom. The zero-order chi connectivity index (χ0) is 14.8. The molecule has 0 fully saturated rings. The van der Waals surface area contributed by atoms with Crippen molar-refractivity contribution in [1.29, 1.82) is 0 Å². The zero-order valence-electron chi connectivity index (χ0n) is 11.8. The van der Waals surface area contributed by atoms with Crippen LogP contribution >= 0.6 is 11.6 Å². The van der Waals surface area contributed by atoms with Crippen LogP contribution < -0.4 is 4.74 Å². The highest BCUT2D eigenvalue weighted by molar-refractivity contribution is 6.30. The molecule has 1 aliphatic rings. The Bertz CT molecular complexity index is 642. The first-order chi connectivity index (χ1) is 10.2. The fourth-order valence-corrected chi connectivity index (χ4v) is 2.92. The van der Waals surface area contributed by atoms with E-state index in [1.54, 1.807) is 19.2 Å². The minimum atomic E-state index is -0.576. The van der Waals surface area contributed by atoms with Crippen molar-refractivity contribution in [1.82, 2.24) is 0 Å². The van der Waals surface area contributed by atoms with Gasteiger partial charge in [0.15, 0.2) is 0 Å². The molecule has 2 aromatic rings. The van der Waals surface area contributed by atoms with Gasteiger partial charge in [-0.25, -0.2) is 0 Å². The third-order valence-corrected chi connectivity index (χ3v) is 3.97. The van der Waals surface area contributed by atoms with Crippen LogP contribution in [0.25, 0.3) is 0 Å². The van der Waals surface area contributed by atoms with E-state index < -0.39 is 6.10 Å². The molecule has 4 heteroatoms. The molecule has 0 spiro atoms. The maximum Gasteiger partial charge on any atom is 0.127 e. The average molecular weight is 305 g/mol. The molecule has 21 heavy (non-hydrogen) atoms. The van der Waals surface area contributed by atoms with Crippen molar-refractivity contribution in [3.8, 4) is 5.75 Å². The summed E-state index contributed by atoms with van der Waals surface area (Å²) in [5.74, 6) is 0.690. The smallest absolute Gasteiger partial charge is 0.127 e. The monoisotopic (exact) mass is 304 g/mol. The van der Waals surface area contributed by atoms with Crippen LogP contribution in [0.1, 0.15) is 35.3 Å². The van der Waals surface area contributed by atoms with E-state index in [1.165, 1.54) is 0 Å². The van der Waals surface area contributed by atoms with Gasteiger partial charge in [0.25, 0.3) is 0 Å². The standard InChI is InChI=1S/C17H17ClO3/c1-20-10-11-4-2-3-5-13(11)17-9-15(19)14-8-12(18)6-7-16(14)21-17/h2-8,15,17,19H,9-10H2,1H3/t15-,17?/m0/s1. The molecule has 1 unspecified atom stereocenters. The van der Waals surface area contributed by atoms with Gasteiger partial charge in [0.2, 0.25) is 0 Å². The van der Waals surface area contributed by atoms with E-state index in [0.717, 1.165) is 16.7 Å². The first-order valence-electron chi connectivity index (χ1n) is 6.90. The number of aliphatic hydroxyl groups excluding tert-OH is 1. The van der Waals surface area contributed by atoms with E-state index >= 15 is 0 Å². The summed E-state index contributed by atoms with van der Waals surface area (Å²) in [6.07, 6.45) is -0.248. The molecule has 3 rings (SSSR count). The number of fused-ring (bicyclic) bond motifs is 1. The van der Waals surface area contributed by atoms with Crippen molar-refractivity contribution in [2.24, 2.45) is 0 Å². The van der Waals surface area contributed by atoms with Crippen LogP contribution in [0, 0.1) is 0 Å². The second-order valence-corrected chi connectivity index (χ2v) is 5.61. The van der Waals surface area contributed by atoms with Gasteiger partial charge in [0.05, 0.1) is 12.7 Å². The quantitative estimate of drug-likeness (QED) is 0.930. The molecule has 2 atom stereocenters. The highest BCUT2D eigenvalue weighted by Crippen LogP contribution is 2.42. The summed E-state index contributed by atoms with van der Waals surface area (Å²) in [5.41, 5.74) is 2.89. The summed E-state index contributed by atoms with van der Waals surface area (Å²) in [4.78, 5) is 0. The Morgan fingerprint density at radius 3 is 2.86 bits per heavy atom. The van der Waals surface area contributed by atoms with E-state index in [4.69, 9.17) is 21.1 Å². The number of hydrogen-bond donors (Lipinski definition) is 1. The SMILES string of the molecule is COCc1ccccc1C1C[C@H](O)c2cc(Cl)ccc2O1.